The van der Waals surface area contributed by atoms with E-state index in [-0.39, 0.29) is 18.5 Å². The monoisotopic (exact) mass is 283 g/mol. The Bertz CT molecular complexity index is 616. The van der Waals surface area contributed by atoms with Crippen LogP contribution < -0.4 is 10.1 Å². The molecule has 0 saturated heterocycles. The molecule has 0 bridgehead atoms. The Hall–Kier alpha value is -2.31. The number of benzene rings is 2. The standard InChI is InChI=1S/C18H18FNO/c1-3-12-21-18-7-5-4-6-16(18)13-20-14(2)15-8-10-17(19)11-9-15/h1,4-11,14,20H,12-13H2,2H3/t14-/m0/s1. The highest BCUT2D eigenvalue weighted by atomic mass is 19.1. The Labute approximate surface area is 125 Å². The van der Waals surface area contributed by atoms with Crippen molar-refractivity contribution in [1.82, 2.24) is 5.32 Å². The van der Waals surface area contributed by atoms with E-state index in [2.05, 4.69) is 11.2 Å². The molecule has 0 aromatic heterocycles. The molecule has 2 nitrogen and oxygen atoms in total. The number of ether oxygens (including phenoxy) is 1. The maximum atomic E-state index is 12.9. The van der Waals surface area contributed by atoms with E-state index in [0.717, 1.165) is 16.9 Å². The molecular weight excluding hydrogens is 265 g/mol. The van der Waals surface area contributed by atoms with E-state index in [1.54, 1.807) is 12.1 Å². The predicted octanol–water partition coefficient (Wildman–Crippen LogP) is 3.69. The molecule has 0 heterocycles. The van der Waals surface area contributed by atoms with Crippen LogP contribution in [-0.2, 0) is 6.54 Å². The first-order chi connectivity index (χ1) is 10.2. The molecule has 1 N–H and O–H groups in total. The lowest BCUT2D eigenvalue weighted by molar-refractivity contribution is 0.364. The minimum atomic E-state index is -0.223. The molecule has 0 unspecified atom stereocenters. The molecule has 0 aliphatic rings. The van der Waals surface area contributed by atoms with Gasteiger partial charge in [-0.05, 0) is 30.7 Å². The molecule has 0 saturated carbocycles. The van der Waals surface area contributed by atoms with Crippen LogP contribution in [0, 0.1) is 18.2 Å². The van der Waals surface area contributed by atoms with Crippen molar-refractivity contribution >= 4 is 0 Å². The van der Waals surface area contributed by atoms with Crippen molar-refractivity contribution in [3.05, 3.63) is 65.5 Å². The third-order valence-corrected chi connectivity index (χ3v) is 3.25. The molecule has 2 rings (SSSR count). The molecular formula is C18H18FNO. The van der Waals surface area contributed by atoms with Gasteiger partial charge < -0.3 is 10.1 Å². The number of hydrogen-bond donors (Lipinski definition) is 1. The average molecular weight is 283 g/mol. The molecule has 0 aliphatic carbocycles. The van der Waals surface area contributed by atoms with E-state index in [9.17, 15) is 4.39 Å². The van der Waals surface area contributed by atoms with Crippen LogP contribution in [0.5, 0.6) is 5.75 Å². The Morgan fingerprint density at radius 2 is 1.90 bits per heavy atom. The lowest BCUT2D eigenvalue weighted by Crippen LogP contribution is -2.18. The predicted molar refractivity (Wildman–Crippen MR) is 82.4 cm³/mol. The first kappa shape index (κ1) is 15.1. The number of halogens is 1. The van der Waals surface area contributed by atoms with E-state index in [0.29, 0.717) is 6.54 Å². The summed E-state index contributed by atoms with van der Waals surface area (Å²) in [7, 11) is 0. The number of para-hydroxylation sites is 1. The molecule has 0 spiro atoms. The summed E-state index contributed by atoms with van der Waals surface area (Å²) < 4.78 is 18.4. The van der Waals surface area contributed by atoms with Gasteiger partial charge in [0.1, 0.15) is 18.2 Å². The fourth-order valence-corrected chi connectivity index (χ4v) is 2.04. The van der Waals surface area contributed by atoms with Crippen LogP contribution in [-0.4, -0.2) is 6.61 Å². The van der Waals surface area contributed by atoms with Crippen molar-refractivity contribution in [2.24, 2.45) is 0 Å². The van der Waals surface area contributed by atoms with Gasteiger partial charge >= 0.3 is 0 Å². The smallest absolute Gasteiger partial charge is 0.148 e. The Balaban J connectivity index is 1.99. The Morgan fingerprint density at radius 3 is 2.62 bits per heavy atom. The van der Waals surface area contributed by atoms with Gasteiger partial charge in [0, 0.05) is 18.2 Å². The maximum absolute atomic E-state index is 12.9. The number of hydrogen-bond acceptors (Lipinski definition) is 2. The zero-order valence-corrected chi connectivity index (χ0v) is 12.0. The van der Waals surface area contributed by atoms with Gasteiger partial charge in [0.2, 0.25) is 0 Å². The second-order valence-corrected chi connectivity index (χ2v) is 4.75. The molecule has 0 radical (unpaired) electrons. The van der Waals surface area contributed by atoms with Gasteiger partial charge in [-0.15, -0.1) is 6.42 Å². The zero-order chi connectivity index (χ0) is 15.1. The molecule has 0 aliphatic heterocycles. The van der Waals surface area contributed by atoms with E-state index in [4.69, 9.17) is 11.2 Å². The van der Waals surface area contributed by atoms with Gasteiger partial charge in [-0.2, -0.15) is 0 Å². The van der Waals surface area contributed by atoms with Gasteiger partial charge in [0.25, 0.3) is 0 Å². The lowest BCUT2D eigenvalue weighted by atomic mass is 10.1. The zero-order valence-electron chi connectivity index (χ0n) is 12.0. The topological polar surface area (TPSA) is 21.3 Å². The number of rotatable bonds is 6. The summed E-state index contributed by atoms with van der Waals surface area (Å²) in [5.74, 6) is 3.02. The van der Waals surface area contributed by atoms with Crippen molar-refractivity contribution in [2.75, 3.05) is 6.61 Å². The molecule has 2 aromatic carbocycles. The Morgan fingerprint density at radius 1 is 1.19 bits per heavy atom. The van der Waals surface area contributed by atoms with E-state index in [1.807, 2.05) is 31.2 Å². The SMILES string of the molecule is C#CCOc1ccccc1CN[C@@H](C)c1ccc(F)cc1. The molecule has 108 valence electrons. The Kier molecular flexibility index (Phi) is 5.36. The summed E-state index contributed by atoms with van der Waals surface area (Å²) in [6.07, 6.45) is 5.22. The maximum Gasteiger partial charge on any atom is 0.148 e. The van der Waals surface area contributed by atoms with Crippen molar-refractivity contribution in [3.63, 3.8) is 0 Å². The minimum Gasteiger partial charge on any atom is -0.481 e. The average Bonchev–Trinajstić information content (AvgIpc) is 2.52. The van der Waals surface area contributed by atoms with Gasteiger partial charge in [0.05, 0.1) is 0 Å². The summed E-state index contributed by atoms with van der Waals surface area (Å²) in [5.41, 5.74) is 2.08. The number of terminal acetylenes is 1. The molecule has 1 atom stereocenters. The third kappa shape index (κ3) is 4.34. The summed E-state index contributed by atoms with van der Waals surface area (Å²) in [6, 6.07) is 14.4. The highest BCUT2D eigenvalue weighted by Crippen LogP contribution is 2.19. The summed E-state index contributed by atoms with van der Waals surface area (Å²) >= 11 is 0. The van der Waals surface area contributed by atoms with E-state index >= 15 is 0 Å². The molecule has 3 heteroatoms. The van der Waals surface area contributed by atoms with Crippen LogP contribution in [0.1, 0.15) is 24.1 Å². The van der Waals surface area contributed by atoms with Crippen LogP contribution in [0.2, 0.25) is 0 Å². The highest BCUT2D eigenvalue weighted by Gasteiger charge is 2.07. The second-order valence-electron chi connectivity index (χ2n) is 4.75. The fourth-order valence-electron chi connectivity index (χ4n) is 2.04. The van der Waals surface area contributed by atoms with Gasteiger partial charge in [-0.1, -0.05) is 36.3 Å². The van der Waals surface area contributed by atoms with Crippen molar-refractivity contribution in [2.45, 2.75) is 19.5 Å². The van der Waals surface area contributed by atoms with E-state index in [1.165, 1.54) is 12.1 Å². The van der Waals surface area contributed by atoms with Crippen LogP contribution in [0.4, 0.5) is 4.39 Å². The quantitative estimate of drug-likeness (QED) is 0.816. The summed E-state index contributed by atoms with van der Waals surface area (Å²) in [4.78, 5) is 0. The lowest BCUT2D eigenvalue weighted by Gasteiger charge is -2.16. The molecule has 2 aromatic rings. The molecule has 0 fully saturated rings. The molecule has 21 heavy (non-hydrogen) atoms. The number of nitrogens with one attached hydrogen (secondary N) is 1. The van der Waals surface area contributed by atoms with Crippen LogP contribution >= 0.6 is 0 Å². The third-order valence-electron chi connectivity index (χ3n) is 3.25. The van der Waals surface area contributed by atoms with E-state index < -0.39 is 0 Å². The van der Waals surface area contributed by atoms with Gasteiger partial charge in [0.15, 0.2) is 0 Å². The van der Waals surface area contributed by atoms with Crippen LogP contribution in [0.15, 0.2) is 48.5 Å². The summed E-state index contributed by atoms with van der Waals surface area (Å²) in [6.45, 7) is 2.95. The van der Waals surface area contributed by atoms with Crippen molar-refractivity contribution in [1.29, 1.82) is 0 Å². The first-order valence-corrected chi connectivity index (χ1v) is 6.83. The van der Waals surface area contributed by atoms with Gasteiger partial charge in [-0.3, -0.25) is 0 Å². The molecule has 0 amide bonds. The fraction of sp³-hybridized carbons (Fsp3) is 0.222. The second kappa shape index (κ2) is 7.47. The van der Waals surface area contributed by atoms with Crippen molar-refractivity contribution < 1.29 is 9.13 Å². The summed E-state index contributed by atoms with van der Waals surface area (Å²) in [5, 5.41) is 3.40. The first-order valence-electron chi connectivity index (χ1n) is 6.83. The minimum absolute atomic E-state index is 0.117. The van der Waals surface area contributed by atoms with Crippen LogP contribution in [0.25, 0.3) is 0 Å². The van der Waals surface area contributed by atoms with Crippen LogP contribution in [0.3, 0.4) is 0 Å². The highest BCUT2D eigenvalue weighted by molar-refractivity contribution is 5.33. The van der Waals surface area contributed by atoms with Crippen molar-refractivity contribution in [3.8, 4) is 18.1 Å². The normalized spacial score (nSPS) is 11.7. The largest absolute Gasteiger partial charge is 0.481 e. The van der Waals surface area contributed by atoms with Gasteiger partial charge in [-0.25, -0.2) is 4.39 Å².